The number of hydrogen-bond acceptors (Lipinski definition) is 8. The lowest BCUT2D eigenvalue weighted by Gasteiger charge is -2.34. The maximum atomic E-state index is 14.3. The maximum Gasteiger partial charge on any atom is 0.229 e. The molecule has 2 aromatic heterocycles. The predicted octanol–water partition coefficient (Wildman–Crippen LogP) is 2.72. The number of carbonyl (C=O) groups is 1. The lowest BCUT2D eigenvalue weighted by atomic mass is 10.2. The fourth-order valence-corrected chi connectivity index (χ4v) is 4.16. The van der Waals surface area contributed by atoms with Gasteiger partial charge < -0.3 is 20.6 Å². The first-order valence-corrected chi connectivity index (χ1v) is 11.3. The van der Waals surface area contributed by atoms with Crippen LogP contribution in [0.15, 0.2) is 48.0 Å². The van der Waals surface area contributed by atoms with E-state index in [9.17, 15) is 9.18 Å². The first-order valence-electron chi connectivity index (χ1n) is 10.4. The van der Waals surface area contributed by atoms with Gasteiger partial charge in [0.15, 0.2) is 11.6 Å². The second-order valence-electron chi connectivity index (χ2n) is 7.43. The second-order valence-corrected chi connectivity index (χ2v) is 8.46. The van der Waals surface area contributed by atoms with Crippen LogP contribution in [0.3, 0.4) is 0 Å². The van der Waals surface area contributed by atoms with Gasteiger partial charge in [-0.15, -0.1) is 11.3 Å². The molecule has 1 amide bonds. The zero-order valence-corrected chi connectivity index (χ0v) is 18.3. The molecule has 1 aliphatic heterocycles. The summed E-state index contributed by atoms with van der Waals surface area (Å²) in [5, 5.41) is 16.9. The molecule has 0 spiro atoms. The van der Waals surface area contributed by atoms with Gasteiger partial charge in [0.2, 0.25) is 11.9 Å². The normalized spacial score (nSPS) is 14.4. The summed E-state index contributed by atoms with van der Waals surface area (Å²) in [6.45, 7) is 3.80. The largest absolute Gasteiger partial charge is 0.395 e. The molecule has 8 nitrogen and oxygen atoms in total. The molecular formula is C22H25FN6O2S. The Balaban J connectivity index is 1.36. The molecule has 0 bridgehead atoms. The number of hydrogen-bond donors (Lipinski definition) is 3. The van der Waals surface area contributed by atoms with Gasteiger partial charge in [0.25, 0.3) is 0 Å². The van der Waals surface area contributed by atoms with Gasteiger partial charge in [-0.1, -0.05) is 6.07 Å². The number of benzene rings is 1. The highest BCUT2D eigenvalue weighted by Gasteiger charge is 2.20. The molecule has 0 unspecified atom stereocenters. The van der Waals surface area contributed by atoms with Gasteiger partial charge in [-0.2, -0.15) is 4.98 Å². The number of amides is 1. The average Bonchev–Trinajstić information content (AvgIpc) is 3.30. The van der Waals surface area contributed by atoms with E-state index in [1.165, 1.54) is 6.20 Å². The summed E-state index contributed by atoms with van der Waals surface area (Å²) in [5.41, 5.74) is 1.32. The Labute approximate surface area is 189 Å². The molecule has 0 aliphatic carbocycles. The fraction of sp³-hybridized carbons (Fsp3) is 0.318. The van der Waals surface area contributed by atoms with E-state index in [0.717, 1.165) is 18.0 Å². The number of nitrogens with zero attached hydrogens (tertiary/aromatic N) is 4. The molecule has 0 saturated carbocycles. The standard InChI is InChI=1S/C22H25FN6O2S/c23-19-15-24-22(29-9-7-28(8-10-29)11-12-30)27-21(19)26-17-5-3-16(4-6-17)25-20(31)14-18-2-1-13-32-18/h1-6,13,15,30H,7-12,14H2,(H,25,31)(H,24,26,27). The fourth-order valence-electron chi connectivity index (χ4n) is 3.46. The first-order chi connectivity index (χ1) is 15.6. The number of piperazine rings is 1. The summed E-state index contributed by atoms with van der Waals surface area (Å²) in [6.07, 6.45) is 1.50. The van der Waals surface area contributed by atoms with Crippen LogP contribution >= 0.6 is 11.3 Å². The monoisotopic (exact) mass is 456 g/mol. The van der Waals surface area contributed by atoms with Gasteiger partial charge >= 0.3 is 0 Å². The van der Waals surface area contributed by atoms with Crippen LogP contribution in [-0.4, -0.2) is 65.2 Å². The van der Waals surface area contributed by atoms with Gasteiger partial charge in [0.05, 0.1) is 19.2 Å². The number of thiophene rings is 1. The number of nitrogens with one attached hydrogen (secondary N) is 2. The molecule has 3 heterocycles. The van der Waals surface area contributed by atoms with Crippen LogP contribution in [0.1, 0.15) is 4.88 Å². The van der Waals surface area contributed by atoms with Gasteiger partial charge in [0, 0.05) is 49.0 Å². The number of anilines is 4. The molecule has 0 radical (unpaired) electrons. The van der Waals surface area contributed by atoms with Crippen molar-refractivity contribution >= 4 is 40.4 Å². The summed E-state index contributed by atoms with van der Waals surface area (Å²) in [5.74, 6) is -0.0583. The van der Waals surface area contributed by atoms with Crippen LogP contribution < -0.4 is 15.5 Å². The molecule has 0 atom stereocenters. The average molecular weight is 457 g/mol. The SMILES string of the molecule is O=C(Cc1cccs1)Nc1ccc(Nc2nc(N3CCN(CCO)CC3)ncc2F)cc1. The lowest BCUT2D eigenvalue weighted by Crippen LogP contribution is -2.47. The summed E-state index contributed by atoms with van der Waals surface area (Å²) in [4.78, 5) is 25.8. The molecule has 1 aromatic carbocycles. The van der Waals surface area contributed by atoms with E-state index < -0.39 is 5.82 Å². The number of aromatic nitrogens is 2. The van der Waals surface area contributed by atoms with Crippen molar-refractivity contribution in [3.8, 4) is 0 Å². The quantitative estimate of drug-likeness (QED) is 0.480. The molecular weight excluding hydrogens is 431 g/mol. The van der Waals surface area contributed by atoms with E-state index in [2.05, 4.69) is 25.5 Å². The zero-order chi connectivity index (χ0) is 22.3. The summed E-state index contributed by atoms with van der Waals surface area (Å²) < 4.78 is 14.3. The molecule has 10 heteroatoms. The minimum absolute atomic E-state index is 0.0845. The van der Waals surface area contributed by atoms with Crippen molar-refractivity contribution in [3.05, 3.63) is 58.7 Å². The summed E-state index contributed by atoms with van der Waals surface area (Å²) in [7, 11) is 0. The van der Waals surface area contributed by atoms with Crippen molar-refractivity contribution in [1.82, 2.24) is 14.9 Å². The molecule has 1 fully saturated rings. The molecule has 3 aromatic rings. The first kappa shape index (κ1) is 22.1. The van der Waals surface area contributed by atoms with E-state index in [0.29, 0.717) is 43.4 Å². The van der Waals surface area contributed by atoms with Crippen LogP contribution in [0.25, 0.3) is 0 Å². The lowest BCUT2D eigenvalue weighted by molar-refractivity contribution is -0.115. The topological polar surface area (TPSA) is 93.6 Å². The Bertz CT molecular complexity index is 1020. The number of halogens is 1. The van der Waals surface area contributed by atoms with Crippen LogP contribution in [-0.2, 0) is 11.2 Å². The third-order valence-electron chi connectivity index (χ3n) is 5.15. The Kier molecular flexibility index (Phi) is 7.25. The maximum absolute atomic E-state index is 14.3. The Morgan fingerprint density at radius 1 is 1.12 bits per heavy atom. The Morgan fingerprint density at radius 2 is 1.88 bits per heavy atom. The summed E-state index contributed by atoms with van der Waals surface area (Å²) in [6, 6.07) is 10.9. The van der Waals surface area contributed by atoms with Crippen molar-refractivity contribution < 1.29 is 14.3 Å². The van der Waals surface area contributed by atoms with Crippen LogP contribution in [0.5, 0.6) is 0 Å². The highest BCUT2D eigenvalue weighted by atomic mass is 32.1. The third kappa shape index (κ3) is 5.78. The van der Waals surface area contributed by atoms with E-state index in [1.807, 2.05) is 22.4 Å². The highest BCUT2D eigenvalue weighted by molar-refractivity contribution is 7.10. The molecule has 168 valence electrons. The van der Waals surface area contributed by atoms with Crippen molar-refractivity contribution in [2.75, 3.05) is 54.9 Å². The van der Waals surface area contributed by atoms with E-state index in [1.54, 1.807) is 35.6 Å². The van der Waals surface area contributed by atoms with Crippen molar-refractivity contribution in [1.29, 1.82) is 0 Å². The smallest absolute Gasteiger partial charge is 0.229 e. The number of aliphatic hydroxyl groups excluding tert-OH is 1. The van der Waals surface area contributed by atoms with Gasteiger partial charge in [-0.25, -0.2) is 9.37 Å². The van der Waals surface area contributed by atoms with Crippen LogP contribution in [0.4, 0.5) is 27.5 Å². The highest BCUT2D eigenvalue weighted by Crippen LogP contribution is 2.22. The third-order valence-corrected chi connectivity index (χ3v) is 6.03. The van der Waals surface area contributed by atoms with E-state index >= 15 is 0 Å². The predicted molar refractivity (Wildman–Crippen MR) is 124 cm³/mol. The van der Waals surface area contributed by atoms with E-state index in [4.69, 9.17) is 5.11 Å². The number of aliphatic hydroxyl groups is 1. The Morgan fingerprint density at radius 3 is 2.56 bits per heavy atom. The van der Waals surface area contributed by atoms with E-state index in [-0.39, 0.29) is 18.3 Å². The zero-order valence-electron chi connectivity index (χ0n) is 17.5. The molecule has 32 heavy (non-hydrogen) atoms. The molecule has 4 rings (SSSR count). The van der Waals surface area contributed by atoms with Gasteiger partial charge in [0.1, 0.15) is 0 Å². The van der Waals surface area contributed by atoms with Crippen LogP contribution in [0.2, 0.25) is 0 Å². The van der Waals surface area contributed by atoms with Crippen molar-refractivity contribution in [2.45, 2.75) is 6.42 Å². The minimum Gasteiger partial charge on any atom is -0.395 e. The van der Waals surface area contributed by atoms with Gasteiger partial charge in [-0.05, 0) is 35.7 Å². The number of rotatable bonds is 8. The number of β-amino-alcohol motifs (C(OH)–C–C–N with tert-alkyl or cyclic N) is 1. The Hall–Kier alpha value is -3.08. The number of carbonyl (C=O) groups excluding carboxylic acids is 1. The molecule has 3 N–H and O–H groups in total. The van der Waals surface area contributed by atoms with Gasteiger partial charge in [-0.3, -0.25) is 9.69 Å². The van der Waals surface area contributed by atoms with Crippen molar-refractivity contribution in [3.63, 3.8) is 0 Å². The minimum atomic E-state index is -0.541. The molecule has 1 aliphatic rings. The molecule has 1 saturated heterocycles. The van der Waals surface area contributed by atoms with Crippen LogP contribution in [0, 0.1) is 5.82 Å². The second kappa shape index (κ2) is 10.5. The van der Waals surface area contributed by atoms with Crippen molar-refractivity contribution in [2.24, 2.45) is 0 Å². The summed E-state index contributed by atoms with van der Waals surface area (Å²) >= 11 is 1.55.